The standard InChI is InChI=1S/C16H19N5O2/c1-21(15(22)14-8-9-18-20-14)13-6-3-11(4-7-13)2-5-12-10-23-16(17)19-12/h3-4,6-9,12H,2,5,10H2,1H3,(H2,17,19)(H,18,20)/t12-/m0/s1. The number of carbonyl (C=O) groups is 1. The van der Waals surface area contributed by atoms with Gasteiger partial charge in [-0.2, -0.15) is 5.10 Å². The zero-order chi connectivity index (χ0) is 16.2. The highest BCUT2D eigenvalue weighted by molar-refractivity contribution is 6.04. The number of nitrogens with two attached hydrogens (primary N) is 1. The Balaban J connectivity index is 1.59. The topological polar surface area (TPSA) is 96.6 Å². The number of aryl methyl sites for hydroxylation is 1. The van der Waals surface area contributed by atoms with Gasteiger partial charge in [0.25, 0.3) is 11.9 Å². The number of nitrogens with one attached hydrogen (secondary N) is 1. The molecule has 120 valence electrons. The van der Waals surface area contributed by atoms with Gasteiger partial charge in [0.2, 0.25) is 0 Å². The van der Waals surface area contributed by atoms with Gasteiger partial charge in [0.15, 0.2) is 0 Å². The molecule has 2 heterocycles. The van der Waals surface area contributed by atoms with Gasteiger partial charge in [0.05, 0.1) is 6.04 Å². The third-order valence-corrected chi connectivity index (χ3v) is 3.86. The first-order chi connectivity index (χ1) is 11.1. The highest BCUT2D eigenvalue weighted by Crippen LogP contribution is 2.18. The first kappa shape index (κ1) is 15.1. The van der Waals surface area contributed by atoms with E-state index in [-0.39, 0.29) is 18.0 Å². The number of hydrogen-bond donors (Lipinski definition) is 2. The lowest BCUT2D eigenvalue weighted by Crippen LogP contribution is -2.26. The number of carbonyl (C=O) groups excluding carboxylic acids is 1. The molecule has 0 saturated carbocycles. The van der Waals surface area contributed by atoms with Gasteiger partial charge in [-0.15, -0.1) is 0 Å². The number of benzene rings is 1. The van der Waals surface area contributed by atoms with Gasteiger partial charge in [0, 0.05) is 18.9 Å². The summed E-state index contributed by atoms with van der Waals surface area (Å²) in [5.41, 5.74) is 7.99. The average molecular weight is 313 g/mol. The van der Waals surface area contributed by atoms with Crippen LogP contribution in [0.15, 0.2) is 41.5 Å². The highest BCUT2D eigenvalue weighted by Gasteiger charge is 2.17. The van der Waals surface area contributed by atoms with Crippen LogP contribution in [-0.2, 0) is 11.2 Å². The Morgan fingerprint density at radius 1 is 1.39 bits per heavy atom. The summed E-state index contributed by atoms with van der Waals surface area (Å²) < 4.78 is 5.14. The highest BCUT2D eigenvalue weighted by atomic mass is 16.5. The molecule has 1 aliphatic rings. The molecular weight excluding hydrogens is 294 g/mol. The van der Waals surface area contributed by atoms with E-state index in [2.05, 4.69) is 15.2 Å². The molecule has 0 spiro atoms. The Morgan fingerprint density at radius 3 is 2.78 bits per heavy atom. The minimum absolute atomic E-state index is 0.122. The van der Waals surface area contributed by atoms with Crippen LogP contribution in [0.25, 0.3) is 0 Å². The van der Waals surface area contributed by atoms with Crippen LogP contribution in [0.3, 0.4) is 0 Å². The van der Waals surface area contributed by atoms with E-state index in [0.717, 1.165) is 18.5 Å². The first-order valence-corrected chi connectivity index (χ1v) is 7.46. The molecule has 0 unspecified atom stereocenters. The molecule has 7 heteroatoms. The van der Waals surface area contributed by atoms with Crippen LogP contribution < -0.4 is 10.6 Å². The molecular formula is C16H19N5O2. The van der Waals surface area contributed by atoms with Crippen molar-refractivity contribution in [1.29, 1.82) is 0 Å². The monoisotopic (exact) mass is 313 g/mol. The Kier molecular flexibility index (Phi) is 4.27. The number of hydrogen-bond acceptors (Lipinski definition) is 5. The smallest absolute Gasteiger partial charge is 0.282 e. The number of aromatic amines is 1. The van der Waals surface area contributed by atoms with Gasteiger partial charge >= 0.3 is 0 Å². The fourth-order valence-corrected chi connectivity index (χ4v) is 2.48. The van der Waals surface area contributed by atoms with Crippen LogP contribution in [0.5, 0.6) is 0 Å². The number of ether oxygens (including phenoxy) is 1. The van der Waals surface area contributed by atoms with E-state index in [9.17, 15) is 4.79 Å². The average Bonchev–Trinajstić information content (AvgIpc) is 3.24. The van der Waals surface area contributed by atoms with Gasteiger partial charge in [0.1, 0.15) is 12.3 Å². The molecule has 3 rings (SSSR count). The minimum Gasteiger partial charge on any atom is -0.463 e. The van der Waals surface area contributed by atoms with E-state index in [1.54, 1.807) is 24.2 Å². The van der Waals surface area contributed by atoms with E-state index in [1.165, 1.54) is 5.56 Å². The van der Waals surface area contributed by atoms with Crippen LogP contribution in [0.4, 0.5) is 5.69 Å². The number of H-pyrrole nitrogens is 1. The van der Waals surface area contributed by atoms with Crippen LogP contribution in [0, 0.1) is 0 Å². The van der Waals surface area contributed by atoms with Crippen molar-refractivity contribution in [3.05, 3.63) is 47.8 Å². The van der Waals surface area contributed by atoms with Crippen molar-refractivity contribution < 1.29 is 9.53 Å². The molecule has 1 aromatic heterocycles. The number of amides is 1. The summed E-state index contributed by atoms with van der Waals surface area (Å²) in [5.74, 6) is -0.122. The lowest BCUT2D eigenvalue weighted by atomic mass is 10.1. The van der Waals surface area contributed by atoms with Crippen molar-refractivity contribution in [3.63, 3.8) is 0 Å². The van der Waals surface area contributed by atoms with Crippen LogP contribution >= 0.6 is 0 Å². The van der Waals surface area contributed by atoms with Crippen LogP contribution in [0.1, 0.15) is 22.5 Å². The normalized spacial score (nSPS) is 16.7. The number of anilines is 1. The van der Waals surface area contributed by atoms with Gasteiger partial charge in [-0.3, -0.25) is 9.89 Å². The number of amidine groups is 1. The Bertz CT molecular complexity index is 694. The van der Waals surface area contributed by atoms with E-state index < -0.39 is 0 Å². The molecule has 1 aromatic carbocycles. The number of aliphatic imine (C=N–C) groups is 1. The molecule has 3 N–H and O–H groups in total. The summed E-state index contributed by atoms with van der Waals surface area (Å²) in [6.45, 7) is 0.561. The molecule has 1 atom stereocenters. The fraction of sp³-hybridized carbons (Fsp3) is 0.312. The third kappa shape index (κ3) is 3.50. The van der Waals surface area contributed by atoms with Crippen molar-refractivity contribution in [3.8, 4) is 0 Å². The Morgan fingerprint density at radius 2 is 2.17 bits per heavy atom. The summed E-state index contributed by atoms with van der Waals surface area (Å²) in [6, 6.07) is 10.00. The molecule has 0 fully saturated rings. The largest absolute Gasteiger partial charge is 0.463 e. The molecule has 2 aromatic rings. The molecule has 23 heavy (non-hydrogen) atoms. The van der Waals surface area contributed by atoms with E-state index >= 15 is 0 Å². The summed E-state index contributed by atoms with van der Waals surface area (Å²) in [5, 5.41) is 6.48. The van der Waals surface area contributed by atoms with Gasteiger partial charge in [-0.05, 0) is 36.6 Å². The number of rotatable bonds is 5. The maximum atomic E-state index is 12.2. The molecule has 7 nitrogen and oxygen atoms in total. The van der Waals surface area contributed by atoms with Crippen LogP contribution in [0.2, 0.25) is 0 Å². The maximum absolute atomic E-state index is 12.2. The van der Waals surface area contributed by atoms with E-state index in [4.69, 9.17) is 10.5 Å². The second-order valence-electron chi connectivity index (χ2n) is 5.47. The molecule has 1 aliphatic heterocycles. The summed E-state index contributed by atoms with van der Waals surface area (Å²) in [7, 11) is 1.74. The Labute approximate surface area is 134 Å². The van der Waals surface area contributed by atoms with Crippen molar-refractivity contribution >= 4 is 17.6 Å². The van der Waals surface area contributed by atoms with Gasteiger partial charge in [-0.1, -0.05) is 12.1 Å². The lowest BCUT2D eigenvalue weighted by molar-refractivity contribution is 0.0988. The SMILES string of the molecule is CN(C(=O)c1ccn[nH]1)c1ccc(CC[C@H]2COC(N)=N2)cc1. The lowest BCUT2D eigenvalue weighted by Gasteiger charge is -2.16. The first-order valence-electron chi connectivity index (χ1n) is 7.46. The quantitative estimate of drug-likeness (QED) is 0.870. The molecule has 1 amide bonds. The summed E-state index contributed by atoms with van der Waals surface area (Å²) >= 11 is 0. The van der Waals surface area contributed by atoms with Crippen molar-refractivity contribution in [1.82, 2.24) is 10.2 Å². The molecule has 0 bridgehead atoms. The zero-order valence-corrected chi connectivity index (χ0v) is 12.9. The molecule has 0 saturated heterocycles. The predicted octanol–water partition coefficient (Wildman–Crippen LogP) is 1.33. The molecule has 0 radical (unpaired) electrons. The zero-order valence-electron chi connectivity index (χ0n) is 12.9. The van der Waals surface area contributed by atoms with Gasteiger partial charge in [-0.25, -0.2) is 4.99 Å². The van der Waals surface area contributed by atoms with Crippen molar-refractivity contribution in [2.75, 3.05) is 18.6 Å². The van der Waals surface area contributed by atoms with Crippen molar-refractivity contribution in [2.45, 2.75) is 18.9 Å². The van der Waals surface area contributed by atoms with E-state index in [0.29, 0.717) is 12.3 Å². The summed E-state index contributed by atoms with van der Waals surface area (Å²) in [4.78, 5) is 18.0. The van der Waals surface area contributed by atoms with Crippen molar-refractivity contribution in [2.24, 2.45) is 10.7 Å². The minimum atomic E-state index is -0.122. The molecule has 0 aliphatic carbocycles. The second kappa shape index (κ2) is 6.51. The van der Waals surface area contributed by atoms with E-state index in [1.807, 2.05) is 24.3 Å². The summed E-state index contributed by atoms with van der Waals surface area (Å²) in [6.07, 6.45) is 3.35. The maximum Gasteiger partial charge on any atom is 0.282 e. The second-order valence-corrected chi connectivity index (χ2v) is 5.47. The Hall–Kier alpha value is -2.83. The third-order valence-electron chi connectivity index (χ3n) is 3.86. The predicted molar refractivity (Wildman–Crippen MR) is 87.4 cm³/mol. The number of aromatic nitrogens is 2. The van der Waals surface area contributed by atoms with Gasteiger partial charge < -0.3 is 15.4 Å². The number of nitrogens with zero attached hydrogens (tertiary/aromatic N) is 3. The van der Waals surface area contributed by atoms with Crippen LogP contribution in [-0.4, -0.2) is 41.8 Å². The fourth-order valence-electron chi connectivity index (χ4n) is 2.48.